The van der Waals surface area contributed by atoms with Crippen molar-refractivity contribution >= 4 is 22.7 Å². The second kappa shape index (κ2) is 8.35. The van der Waals surface area contributed by atoms with Gasteiger partial charge in [-0.05, 0) is 18.2 Å². The summed E-state index contributed by atoms with van der Waals surface area (Å²) in [6, 6.07) is 13.1. The normalized spacial score (nSPS) is 10.5. The number of halogens is 1. The Labute approximate surface area is 160 Å². The molecule has 0 atom stereocenters. The summed E-state index contributed by atoms with van der Waals surface area (Å²) in [5, 5.41) is 9.50. The number of rotatable bonds is 7. The largest absolute Gasteiger partial charge is 0.497 e. The zero-order chi connectivity index (χ0) is 20.1. The molecule has 0 bridgehead atoms. The molecule has 0 aliphatic carbocycles. The third-order valence-corrected chi connectivity index (χ3v) is 4.28. The van der Waals surface area contributed by atoms with Gasteiger partial charge in [0.2, 0.25) is 5.78 Å². The molecule has 0 amide bonds. The third-order valence-electron chi connectivity index (χ3n) is 4.28. The van der Waals surface area contributed by atoms with Crippen molar-refractivity contribution in [1.29, 1.82) is 5.26 Å². The summed E-state index contributed by atoms with van der Waals surface area (Å²) in [5.41, 5.74) is 0.926. The van der Waals surface area contributed by atoms with Crippen molar-refractivity contribution in [3.63, 3.8) is 0 Å². The van der Waals surface area contributed by atoms with E-state index in [1.165, 1.54) is 19.2 Å². The lowest BCUT2D eigenvalue weighted by Gasteiger charge is -2.06. The van der Waals surface area contributed by atoms with E-state index in [0.29, 0.717) is 23.9 Å². The van der Waals surface area contributed by atoms with Crippen molar-refractivity contribution in [3.05, 3.63) is 65.6 Å². The van der Waals surface area contributed by atoms with E-state index >= 15 is 0 Å². The molecule has 1 heterocycles. The lowest BCUT2D eigenvalue weighted by Crippen LogP contribution is -2.15. The first-order valence-electron chi connectivity index (χ1n) is 8.54. The number of benzene rings is 2. The molecule has 0 radical (unpaired) electrons. The van der Waals surface area contributed by atoms with Crippen LogP contribution < -0.4 is 4.74 Å². The number of para-hydroxylation sites is 1. The molecule has 6 nitrogen and oxygen atoms in total. The van der Waals surface area contributed by atoms with Crippen LogP contribution in [0, 0.1) is 17.1 Å². The summed E-state index contributed by atoms with van der Waals surface area (Å²) in [6.07, 6.45) is 1.95. The minimum atomic E-state index is -0.929. The van der Waals surface area contributed by atoms with E-state index < -0.39 is 24.2 Å². The Hall–Kier alpha value is -3.66. The Bertz CT molecular complexity index is 1080. The fraction of sp³-hybridized carbons (Fsp3) is 0.190. The number of ketones is 1. The lowest BCUT2D eigenvalue weighted by molar-refractivity contribution is 0.0470. The third kappa shape index (κ3) is 3.86. The number of fused-ring (bicyclic) bond motifs is 1. The van der Waals surface area contributed by atoms with Gasteiger partial charge in [-0.25, -0.2) is 9.18 Å². The van der Waals surface area contributed by atoms with E-state index in [9.17, 15) is 14.0 Å². The number of carbonyl (C=O) groups is 2. The molecule has 0 N–H and O–H groups in total. The maximum absolute atomic E-state index is 14.0. The number of nitrogens with zero attached hydrogens (tertiary/aromatic N) is 2. The van der Waals surface area contributed by atoms with Crippen molar-refractivity contribution in [2.24, 2.45) is 0 Å². The quantitative estimate of drug-likeness (QED) is 0.461. The number of carbonyl (C=O) groups excluding carboxylic acids is 2. The van der Waals surface area contributed by atoms with E-state index in [-0.39, 0.29) is 11.3 Å². The average molecular weight is 380 g/mol. The Morgan fingerprint density at radius 2 is 1.96 bits per heavy atom. The highest BCUT2D eigenvalue weighted by atomic mass is 19.1. The van der Waals surface area contributed by atoms with Gasteiger partial charge in [0.05, 0.1) is 25.2 Å². The van der Waals surface area contributed by atoms with Crippen LogP contribution >= 0.6 is 0 Å². The van der Waals surface area contributed by atoms with Crippen molar-refractivity contribution in [2.45, 2.75) is 13.0 Å². The molecule has 3 aromatic rings. The molecule has 1 aromatic heterocycles. The summed E-state index contributed by atoms with van der Waals surface area (Å²) in [5.74, 6) is -1.85. The number of aromatic nitrogens is 1. The predicted molar refractivity (Wildman–Crippen MR) is 99.7 cm³/mol. The van der Waals surface area contributed by atoms with Crippen LogP contribution in [0.5, 0.6) is 5.75 Å². The van der Waals surface area contributed by atoms with Gasteiger partial charge in [0.15, 0.2) is 6.61 Å². The average Bonchev–Trinajstić information content (AvgIpc) is 3.09. The molecule has 3 rings (SSSR count). The topological polar surface area (TPSA) is 81.3 Å². The molecule has 142 valence electrons. The maximum Gasteiger partial charge on any atom is 0.341 e. The summed E-state index contributed by atoms with van der Waals surface area (Å²) < 4.78 is 25.7. The SMILES string of the molecule is COc1ccc(C(=O)OCC(=O)c2cn(CCC#N)c3ccccc23)c(F)c1. The van der Waals surface area contributed by atoms with Crippen LogP contribution in [0.4, 0.5) is 4.39 Å². The first kappa shape index (κ1) is 19.1. The van der Waals surface area contributed by atoms with Gasteiger partial charge in [0, 0.05) is 35.3 Å². The number of esters is 1. The fourth-order valence-electron chi connectivity index (χ4n) is 2.90. The number of hydrogen-bond acceptors (Lipinski definition) is 5. The van der Waals surface area contributed by atoms with Crippen LogP contribution in [0.3, 0.4) is 0 Å². The number of aryl methyl sites for hydroxylation is 1. The van der Waals surface area contributed by atoms with Crippen LogP contribution in [-0.4, -0.2) is 30.0 Å². The summed E-state index contributed by atoms with van der Waals surface area (Å²) in [7, 11) is 1.39. The Balaban J connectivity index is 1.76. The molecule has 28 heavy (non-hydrogen) atoms. The molecule has 0 spiro atoms. The monoisotopic (exact) mass is 380 g/mol. The maximum atomic E-state index is 14.0. The second-order valence-electron chi connectivity index (χ2n) is 6.01. The molecule has 0 aliphatic rings. The van der Waals surface area contributed by atoms with Crippen molar-refractivity contribution < 1.29 is 23.5 Å². The molecule has 0 fully saturated rings. The molecule has 2 aromatic carbocycles. The summed E-state index contributed by atoms with van der Waals surface area (Å²) in [4.78, 5) is 24.7. The van der Waals surface area contributed by atoms with Crippen LogP contribution in [0.2, 0.25) is 0 Å². The van der Waals surface area contributed by atoms with E-state index in [2.05, 4.69) is 6.07 Å². The van der Waals surface area contributed by atoms with E-state index in [1.807, 2.05) is 16.7 Å². The van der Waals surface area contributed by atoms with Crippen LogP contribution in [0.15, 0.2) is 48.7 Å². The van der Waals surface area contributed by atoms with Crippen LogP contribution in [0.25, 0.3) is 10.9 Å². The smallest absolute Gasteiger partial charge is 0.341 e. The molecule has 0 aliphatic heterocycles. The van der Waals surface area contributed by atoms with E-state index in [1.54, 1.807) is 18.3 Å². The Kier molecular flexibility index (Phi) is 5.70. The first-order chi connectivity index (χ1) is 13.5. The highest BCUT2D eigenvalue weighted by Gasteiger charge is 2.19. The summed E-state index contributed by atoms with van der Waals surface area (Å²) >= 11 is 0. The number of methoxy groups -OCH3 is 1. The molecular formula is C21H17FN2O4. The van der Waals surface area contributed by atoms with Crippen molar-refractivity contribution in [3.8, 4) is 11.8 Å². The minimum absolute atomic E-state index is 0.273. The van der Waals surface area contributed by atoms with Crippen LogP contribution in [-0.2, 0) is 11.3 Å². The van der Waals surface area contributed by atoms with Crippen LogP contribution in [0.1, 0.15) is 27.1 Å². The molecule has 0 saturated carbocycles. The Morgan fingerprint density at radius 3 is 2.68 bits per heavy atom. The van der Waals surface area contributed by atoms with Gasteiger partial charge in [-0.3, -0.25) is 4.79 Å². The standard InChI is InChI=1S/C21H17FN2O4/c1-27-14-7-8-16(18(22)11-14)21(26)28-13-20(25)17-12-24(10-4-9-23)19-6-3-2-5-15(17)19/h2-3,5-8,11-12H,4,10,13H2,1H3. The van der Waals surface area contributed by atoms with E-state index in [4.69, 9.17) is 14.7 Å². The highest BCUT2D eigenvalue weighted by Crippen LogP contribution is 2.23. The number of Topliss-reactive ketones (excluding diaryl/α,β-unsaturated/α-hetero) is 1. The van der Waals surface area contributed by atoms with E-state index in [0.717, 1.165) is 11.6 Å². The molecule has 7 heteroatoms. The molecule has 0 unspecified atom stereocenters. The minimum Gasteiger partial charge on any atom is -0.497 e. The zero-order valence-electron chi connectivity index (χ0n) is 15.1. The zero-order valence-corrected chi connectivity index (χ0v) is 15.1. The van der Waals surface area contributed by atoms with Crippen molar-refractivity contribution in [1.82, 2.24) is 4.57 Å². The predicted octanol–water partition coefficient (Wildman–Crippen LogP) is 3.74. The summed E-state index contributed by atoms with van der Waals surface area (Å²) in [6.45, 7) is -0.0717. The first-order valence-corrected chi connectivity index (χ1v) is 8.54. The van der Waals surface area contributed by atoms with Gasteiger partial charge in [0.1, 0.15) is 11.6 Å². The van der Waals surface area contributed by atoms with Gasteiger partial charge in [0.25, 0.3) is 0 Å². The molecular weight excluding hydrogens is 363 g/mol. The van der Waals surface area contributed by atoms with Gasteiger partial charge < -0.3 is 14.0 Å². The highest BCUT2D eigenvalue weighted by molar-refractivity contribution is 6.09. The van der Waals surface area contributed by atoms with Gasteiger partial charge in [-0.1, -0.05) is 18.2 Å². The molecule has 0 saturated heterocycles. The fourth-order valence-corrected chi connectivity index (χ4v) is 2.90. The number of nitriles is 1. The lowest BCUT2D eigenvalue weighted by atomic mass is 10.1. The number of ether oxygens (including phenoxy) is 2. The Morgan fingerprint density at radius 1 is 1.18 bits per heavy atom. The van der Waals surface area contributed by atoms with Crippen molar-refractivity contribution in [2.75, 3.05) is 13.7 Å². The van der Waals surface area contributed by atoms with Gasteiger partial charge >= 0.3 is 5.97 Å². The number of hydrogen-bond donors (Lipinski definition) is 0. The van der Waals surface area contributed by atoms with Gasteiger partial charge in [-0.15, -0.1) is 0 Å². The second-order valence-corrected chi connectivity index (χ2v) is 6.01. The van der Waals surface area contributed by atoms with Gasteiger partial charge in [-0.2, -0.15) is 5.26 Å².